The molecule has 2 rings (SSSR count). The van der Waals surface area contributed by atoms with Crippen LogP contribution in [0.25, 0.3) is 0 Å². The van der Waals surface area contributed by atoms with E-state index in [1.165, 1.54) is 6.92 Å². The lowest BCUT2D eigenvalue weighted by Gasteiger charge is -2.34. The van der Waals surface area contributed by atoms with E-state index >= 15 is 4.39 Å². The van der Waals surface area contributed by atoms with E-state index in [1.54, 1.807) is 27.7 Å². The summed E-state index contributed by atoms with van der Waals surface area (Å²) >= 11 is 0. The first-order chi connectivity index (χ1) is 12.9. The lowest BCUT2D eigenvalue weighted by atomic mass is 9.94. The number of aromatic nitrogens is 2. The van der Waals surface area contributed by atoms with Crippen LogP contribution in [0.3, 0.4) is 0 Å². The monoisotopic (exact) mass is 400 g/mol. The summed E-state index contributed by atoms with van der Waals surface area (Å²) in [5.74, 6) is -4.84. The van der Waals surface area contributed by atoms with E-state index in [4.69, 9.17) is 14.2 Å². The van der Waals surface area contributed by atoms with Crippen molar-refractivity contribution in [1.29, 1.82) is 0 Å². The third-order valence-corrected chi connectivity index (χ3v) is 4.46. The number of nitrogens with zero attached hydrogens (tertiary/aromatic N) is 1. The summed E-state index contributed by atoms with van der Waals surface area (Å²) < 4.78 is 32.7. The van der Waals surface area contributed by atoms with E-state index in [2.05, 4.69) is 0 Å². The number of esters is 2. The van der Waals surface area contributed by atoms with Gasteiger partial charge < -0.3 is 14.2 Å². The zero-order chi connectivity index (χ0) is 21.3. The van der Waals surface area contributed by atoms with Crippen molar-refractivity contribution < 1.29 is 28.2 Å². The Morgan fingerprint density at radius 2 is 1.89 bits per heavy atom. The fourth-order valence-electron chi connectivity index (χ4n) is 2.76. The van der Waals surface area contributed by atoms with Gasteiger partial charge in [0.2, 0.25) is 0 Å². The number of alkyl halides is 1. The number of nitrogens with one attached hydrogen (secondary N) is 1. The average molecular weight is 400 g/mol. The molecule has 1 aliphatic rings. The van der Waals surface area contributed by atoms with E-state index in [0.29, 0.717) is 4.57 Å². The van der Waals surface area contributed by atoms with Crippen molar-refractivity contribution in [2.45, 2.75) is 52.1 Å². The van der Waals surface area contributed by atoms with Crippen LogP contribution in [0.5, 0.6) is 0 Å². The van der Waals surface area contributed by atoms with Crippen molar-refractivity contribution in [3.63, 3.8) is 0 Å². The van der Waals surface area contributed by atoms with Crippen molar-refractivity contribution in [1.82, 2.24) is 9.55 Å². The molecule has 0 unspecified atom stereocenters. The number of H-pyrrole nitrogens is 1. The SMILES string of the molecule is CC(C)C(=O)OC[C@@]1(C)OC[C@](F)(n2ccc(=O)[nH]c2=O)[C@@H]1OC(=O)C(C)C. The summed E-state index contributed by atoms with van der Waals surface area (Å²) in [7, 11) is 0. The number of carbonyl (C=O) groups excluding carboxylic acids is 2. The number of hydrogen-bond acceptors (Lipinski definition) is 7. The third kappa shape index (κ3) is 4.16. The van der Waals surface area contributed by atoms with Gasteiger partial charge in [0.25, 0.3) is 11.4 Å². The largest absolute Gasteiger partial charge is 0.462 e. The van der Waals surface area contributed by atoms with Crippen molar-refractivity contribution in [2.75, 3.05) is 13.2 Å². The van der Waals surface area contributed by atoms with Crippen molar-refractivity contribution >= 4 is 11.9 Å². The lowest BCUT2D eigenvalue weighted by Crippen LogP contribution is -2.55. The van der Waals surface area contributed by atoms with Crippen molar-refractivity contribution in [2.24, 2.45) is 11.8 Å². The van der Waals surface area contributed by atoms with Crippen LogP contribution in [0.1, 0.15) is 34.6 Å². The zero-order valence-corrected chi connectivity index (χ0v) is 16.5. The third-order valence-electron chi connectivity index (χ3n) is 4.46. The zero-order valence-electron chi connectivity index (χ0n) is 16.5. The van der Waals surface area contributed by atoms with Gasteiger partial charge >= 0.3 is 17.6 Å². The lowest BCUT2D eigenvalue weighted by molar-refractivity contribution is -0.181. The molecule has 28 heavy (non-hydrogen) atoms. The molecule has 0 spiro atoms. The van der Waals surface area contributed by atoms with Crippen molar-refractivity contribution in [3.8, 4) is 0 Å². The maximum absolute atomic E-state index is 16.0. The molecule has 0 aromatic carbocycles. The minimum absolute atomic E-state index is 0.385. The van der Waals surface area contributed by atoms with E-state index < -0.39 is 59.1 Å². The molecule has 0 bridgehead atoms. The molecule has 0 amide bonds. The Bertz CT molecular complexity index is 862. The highest BCUT2D eigenvalue weighted by Gasteiger charge is 2.62. The van der Waals surface area contributed by atoms with Gasteiger partial charge in [0.1, 0.15) is 18.8 Å². The summed E-state index contributed by atoms with van der Waals surface area (Å²) in [4.78, 5) is 49.4. The predicted octanol–water partition coefficient (Wildman–Crippen LogP) is 0.715. The van der Waals surface area contributed by atoms with Gasteiger partial charge in [0.15, 0.2) is 6.10 Å². The second-order valence-electron chi connectivity index (χ2n) is 7.63. The van der Waals surface area contributed by atoms with Gasteiger partial charge in [-0.1, -0.05) is 27.7 Å². The number of ether oxygens (including phenoxy) is 3. The maximum Gasteiger partial charge on any atom is 0.331 e. The summed E-state index contributed by atoms with van der Waals surface area (Å²) in [5.41, 5.74) is -3.26. The number of hydrogen-bond donors (Lipinski definition) is 1. The normalized spacial score (nSPS) is 27.2. The quantitative estimate of drug-likeness (QED) is 0.699. The summed E-state index contributed by atoms with van der Waals surface area (Å²) in [6.07, 6.45) is -0.634. The molecule has 2 heterocycles. The molecule has 0 radical (unpaired) electrons. The Morgan fingerprint density at radius 1 is 1.29 bits per heavy atom. The van der Waals surface area contributed by atoms with E-state index in [9.17, 15) is 19.2 Å². The minimum Gasteiger partial charge on any atom is -0.462 e. The first-order valence-corrected chi connectivity index (χ1v) is 8.93. The highest BCUT2D eigenvalue weighted by Crippen LogP contribution is 2.42. The molecule has 1 aliphatic heterocycles. The minimum atomic E-state index is -2.61. The highest BCUT2D eigenvalue weighted by atomic mass is 19.1. The van der Waals surface area contributed by atoms with Crippen LogP contribution >= 0.6 is 0 Å². The summed E-state index contributed by atoms with van der Waals surface area (Å²) in [6, 6.07) is 0.971. The molecule has 1 saturated heterocycles. The van der Waals surface area contributed by atoms with Gasteiger partial charge in [-0.05, 0) is 6.92 Å². The molecule has 1 aromatic rings. The van der Waals surface area contributed by atoms with Gasteiger partial charge in [-0.15, -0.1) is 0 Å². The Balaban J connectivity index is 2.44. The smallest absolute Gasteiger partial charge is 0.331 e. The molecule has 0 aliphatic carbocycles. The van der Waals surface area contributed by atoms with E-state index in [0.717, 1.165) is 12.3 Å². The number of aromatic amines is 1. The van der Waals surface area contributed by atoms with Gasteiger partial charge in [-0.2, -0.15) is 0 Å². The fraction of sp³-hybridized carbons (Fsp3) is 0.667. The number of rotatable bonds is 6. The second kappa shape index (κ2) is 7.86. The van der Waals surface area contributed by atoms with E-state index in [-0.39, 0.29) is 6.61 Å². The molecule has 1 aromatic heterocycles. The number of carbonyl (C=O) groups is 2. The molecule has 156 valence electrons. The predicted molar refractivity (Wildman–Crippen MR) is 95.3 cm³/mol. The Labute approximate surface area is 160 Å². The summed E-state index contributed by atoms with van der Waals surface area (Å²) in [5, 5.41) is 0. The highest BCUT2D eigenvalue weighted by molar-refractivity contribution is 5.72. The van der Waals surface area contributed by atoms with Gasteiger partial charge in [0.05, 0.1) is 11.8 Å². The molecule has 10 heteroatoms. The van der Waals surface area contributed by atoms with Crippen molar-refractivity contribution in [3.05, 3.63) is 33.1 Å². The fourth-order valence-corrected chi connectivity index (χ4v) is 2.76. The van der Waals surface area contributed by atoms with Crippen LogP contribution in [0, 0.1) is 11.8 Å². The second-order valence-corrected chi connectivity index (χ2v) is 7.63. The van der Waals surface area contributed by atoms with Crippen LogP contribution in [-0.2, 0) is 29.6 Å². The molecule has 1 fully saturated rings. The Hall–Kier alpha value is -2.49. The number of halogens is 1. The standard InChI is InChI=1S/C18H25FN2O7/c1-10(2)13(23)26-8-17(5)15(28-14(24)11(3)4)18(19,9-27-17)21-7-6-12(22)20-16(21)25/h6-7,10-11,15H,8-9H2,1-5H3,(H,20,22,25)/t15-,17-,18+/m1/s1. The molecular weight excluding hydrogens is 375 g/mol. The Morgan fingerprint density at radius 3 is 2.43 bits per heavy atom. The van der Waals surface area contributed by atoms with Gasteiger partial charge in [0, 0.05) is 12.3 Å². The van der Waals surface area contributed by atoms with Crippen LogP contribution < -0.4 is 11.2 Å². The maximum atomic E-state index is 16.0. The first-order valence-electron chi connectivity index (χ1n) is 8.93. The van der Waals surface area contributed by atoms with Crippen LogP contribution in [0.2, 0.25) is 0 Å². The molecule has 9 nitrogen and oxygen atoms in total. The van der Waals surface area contributed by atoms with Crippen LogP contribution in [-0.4, -0.2) is 46.4 Å². The molecular formula is C18H25FN2O7. The van der Waals surface area contributed by atoms with Crippen LogP contribution in [0.15, 0.2) is 21.9 Å². The topological polar surface area (TPSA) is 117 Å². The van der Waals surface area contributed by atoms with E-state index in [1.807, 2.05) is 4.98 Å². The average Bonchev–Trinajstić information content (AvgIpc) is 2.85. The molecule has 0 saturated carbocycles. The summed E-state index contributed by atoms with van der Waals surface area (Å²) in [6.45, 7) is 6.80. The Kier molecular flexibility index (Phi) is 6.12. The van der Waals surface area contributed by atoms with Gasteiger partial charge in [-0.3, -0.25) is 23.9 Å². The molecule has 1 N–H and O–H groups in total. The van der Waals surface area contributed by atoms with Gasteiger partial charge in [-0.25, -0.2) is 9.18 Å². The molecule has 3 atom stereocenters. The van der Waals surface area contributed by atoms with Crippen LogP contribution in [0.4, 0.5) is 4.39 Å². The first kappa shape index (κ1) is 21.8.